The molecule has 4 aliphatic rings. The Morgan fingerprint density at radius 3 is 2.24 bits per heavy atom. The highest BCUT2D eigenvalue weighted by Gasteiger charge is 2.51. The van der Waals surface area contributed by atoms with Crippen LogP contribution in [0.2, 0.25) is 0 Å². The number of aliphatic hydroxyl groups is 3. The molecule has 0 radical (unpaired) electrons. The number of ether oxygens (including phenoxy) is 4. The van der Waals surface area contributed by atoms with Gasteiger partial charge in [0.15, 0.2) is 11.9 Å². The van der Waals surface area contributed by atoms with E-state index >= 15 is 0 Å². The van der Waals surface area contributed by atoms with Crippen LogP contribution in [0.1, 0.15) is 86.4 Å². The second-order valence-electron chi connectivity index (χ2n) is 13.6. The quantitative estimate of drug-likeness (QED) is 0.283. The number of allylic oxidation sites excluding steroid dienone is 4. The normalized spacial score (nSPS) is 35.3. The van der Waals surface area contributed by atoms with Gasteiger partial charge in [0.25, 0.3) is 11.7 Å². The first-order valence-electron chi connectivity index (χ1n) is 16.5. The van der Waals surface area contributed by atoms with Gasteiger partial charge in [-0.3, -0.25) is 19.2 Å². The fraction of sp³-hybridized carbons (Fsp3) is 0.514. The number of carbonyl (C=O) groups is 4. The number of phenols is 1. The van der Waals surface area contributed by atoms with Gasteiger partial charge in [0.2, 0.25) is 5.78 Å². The van der Waals surface area contributed by atoms with Crippen molar-refractivity contribution in [1.82, 2.24) is 5.32 Å². The van der Waals surface area contributed by atoms with E-state index in [0.29, 0.717) is 0 Å². The lowest BCUT2D eigenvalue weighted by Crippen LogP contribution is -2.46. The number of ketones is 2. The maximum absolute atomic E-state index is 13.6. The molecule has 1 amide bonds. The number of hydrogen-bond acceptors (Lipinski definition) is 12. The van der Waals surface area contributed by atoms with E-state index < -0.39 is 89.2 Å². The highest BCUT2D eigenvalue weighted by Crippen LogP contribution is 2.52. The summed E-state index contributed by atoms with van der Waals surface area (Å²) in [6.45, 7) is 12.5. The summed E-state index contributed by atoms with van der Waals surface area (Å²) in [5, 5.41) is 47.6. The fourth-order valence-corrected chi connectivity index (χ4v) is 6.77. The number of esters is 1. The van der Waals surface area contributed by atoms with Gasteiger partial charge >= 0.3 is 5.97 Å². The minimum Gasteiger partial charge on any atom is -0.507 e. The molecule has 5 rings (SSSR count). The number of aromatic hydroxyl groups is 1. The number of amides is 1. The molecule has 10 atom stereocenters. The second kappa shape index (κ2) is 14.9. The van der Waals surface area contributed by atoms with Crippen LogP contribution in [0.4, 0.5) is 0 Å². The number of hydrogen-bond donors (Lipinski definition) is 5. The summed E-state index contributed by atoms with van der Waals surface area (Å²) in [5.74, 6) is -7.67. The lowest BCUT2D eigenvalue weighted by molar-refractivity contribution is -0.181. The summed E-state index contributed by atoms with van der Waals surface area (Å²) >= 11 is 0. The average Bonchev–Trinajstić information content (AvgIpc) is 3.33. The van der Waals surface area contributed by atoms with Crippen LogP contribution in [0.3, 0.4) is 0 Å². The van der Waals surface area contributed by atoms with Crippen LogP contribution in [0.5, 0.6) is 11.5 Å². The SMILES string of the molecule is CO[C@H]1C=CO[C@@]2(C)Oc3c(C)c(O)c4c(c3C2O)C(=O)C=C(NC(=O)/C(C)=C\C=C/[C@H](C)[C@H](O)[C@@H](C)[C@@H](O)[C@@H](C)[C@H](OC(C)=O)[C@@H]1C)C4=O. The third-order valence-corrected chi connectivity index (χ3v) is 9.99. The number of aliphatic hydroxyl groups excluding tert-OH is 3. The monoisotopic (exact) mass is 697 g/mol. The zero-order chi connectivity index (χ0) is 37.4. The van der Waals surface area contributed by atoms with Crippen molar-refractivity contribution in [2.75, 3.05) is 7.11 Å². The maximum Gasteiger partial charge on any atom is 0.302 e. The smallest absolute Gasteiger partial charge is 0.302 e. The average molecular weight is 698 g/mol. The summed E-state index contributed by atoms with van der Waals surface area (Å²) in [7, 11) is 1.44. The largest absolute Gasteiger partial charge is 0.507 e. The predicted molar refractivity (Wildman–Crippen MR) is 180 cm³/mol. The van der Waals surface area contributed by atoms with Crippen molar-refractivity contribution < 1.29 is 58.6 Å². The van der Waals surface area contributed by atoms with Gasteiger partial charge in [-0.25, -0.2) is 0 Å². The van der Waals surface area contributed by atoms with Crippen LogP contribution in [0.15, 0.2) is 47.9 Å². The molecule has 272 valence electrons. The Balaban J connectivity index is 1.83. The van der Waals surface area contributed by atoms with Gasteiger partial charge in [0.05, 0.1) is 35.8 Å². The van der Waals surface area contributed by atoms with Crippen molar-refractivity contribution in [3.63, 3.8) is 0 Å². The lowest BCUT2D eigenvalue weighted by Gasteiger charge is -2.38. The number of Topliss-reactive ketones (excluding diaryl/α,β-unsaturated/α-hetero) is 1. The van der Waals surface area contributed by atoms with Gasteiger partial charge in [-0.2, -0.15) is 0 Å². The van der Waals surface area contributed by atoms with E-state index in [9.17, 15) is 39.6 Å². The Morgan fingerprint density at radius 1 is 0.960 bits per heavy atom. The molecule has 0 saturated carbocycles. The second-order valence-corrected chi connectivity index (χ2v) is 13.6. The Bertz CT molecular complexity index is 1670. The lowest BCUT2D eigenvalue weighted by atomic mass is 9.78. The molecule has 3 aliphatic heterocycles. The zero-order valence-electron chi connectivity index (χ0n) is 29.7. The van der Waals surface area contributed by atoms with Crippen molar-refractivity contribution >= 4 is 23.4 Å². The molecule has 3 heterocycles. The number of phenolic OH excluding ortho intramolecular Hbond substituents is 1. The van der Waals surface area contributed by atoms with E-state index in [4.69, 9.17) is 18.9 Å². The van der Waals surface area contributed by atoms with Gasteiger partial charge in [-0.15, -0.1) is 0 Å². The Labute approximate surface area is 291 Å². The number of carbonyl (C=O) groups excluding carboxylic acids is 4. The highest BCUT2D eigenvalue weighted by molar-refractivity contribution is 6.27. The Hall–Kier alpha value is -4.30. The van der Waals surface area contributed by atoms with Gasteiger partial charge < -0.3 is 44.7 Å². The molecule has 1 aliphatic carbocycles. The molecule has 13 heteroatoms. The Kier molecular flexibility index (Phi) is 11.5. The fourth-order valence-electron chi connectivity index (χ4n) is 6.77. The van der Waals surface area contributed by atoms with Crippen molar-refractivity contribution in [3.8, 4) is 11.5 Å². The molecule has 0 saturated heterocycles. The van der Waals surface area contributed by atoms with Crippen molar-refractivity contribution in [2.45, 2.75) is 91.7 Å². The summed E-state index contributed by atoms with van der Waals surface area (Å²) in [4.78, 5) is 52.4. The molecule has 50 heavy (non-hydrogen) atoms. The Morgan fingerprint density at radius 2 is 1.62 bits per heavy atom. The van der Waals surface area contributed by atoms with Gasteiger partial charge in [-0.1, -0.05) is 45.9 Å². The zero-order valence-corrected chi connectivity index (χ0v) is 29.7. The standard InChI is InChI=1S/C37H47NO12/c1-16-11-10-12-17(2)36(46)38-23-15-24(40)26-27(32(23)44)31(43)21(6)34-28(26)35(45)37(8,50-34)48-14-13-25(47-9)18(3)33(49-22(7)39)20(5)30(42)19(4)29(16)41/h10-16,18-20,25,29-30,33,35,41-43,45H,1-9H3,(H,38,46)/b11-10-,14-13?,17-12-/t16-,18+,19+,20+,25-,29-,30+,33+,35?,37-/m0/s1. The molecule has 13 nitrogen and oxygen atoms in total. The van der Waals surface area contributed by atoms with Crippen molar-refractivity contribution in [2.24, 2.45) is 23.7 Å². The first-order valence-corrected chi connectivity index (χ1v) is 16.5. The molecule has 0 aromatic heterocycles. The van der Waals surface area contributed by atoms with E-state index in [1.54, 1.807) is 39.8 Å². The first kappa shape index (κ1) is 38.5. The summed E-state index contributed by atoms with van der Waals surface area (Å²) in [6.07, 6.45) is 2.94. The van der Waals surface area contributed by atoms with Gasteiger partial charge in [0.1, 0.15) is 17.6 Å². The number of fused-ring (bicyclic) bond motifs is 14. The summed E-state index contributed by atoms with van der Waals surface area (Å²) < 4.78 is 23.3. The van der Waals surface area contributed by atoms with E-state index in [2.05, 4.69) is 5.32 Å². The van der Waals surface area contributed by atoms with E-state index in [-0.39, 0.29) is 39.3 Å². The number of methoxy groups -OCH3 is 1. The van der Waals surface area contributed by atoms with E-state index in [1.165, 1.54) is 53.2 Å². The van der Waals surface area contributed by atoms with E-state index in [0.717, 1.165) is 6.08 Å². The molecule has 5 N–H and O–H groups in total. The number of benzene rings is 1. The van der Waals surface area contributed by atoms with Crippen molar-refractivity contribution in [3.05, 3.63) is 70.2 Å². The topological polar surface area (TPSA) is 198 Å². The van der Waals surface area contributed by atoms with E-state index in [1.807, 2.05) is 0 Å². The molecular weight excluding hydrogens is 650 g/mol. The molecule has 5 bridgehead atoms. The molecule has 1 unspecified atom stereocenters. The third-order valence-electron chi connectivity index (χ3n) is 9.99. The van der Waals surface area contributed by atoms with Crippen LogP contribution in [-0.4, -0.2) is 81.2 Å². The minimum atomic E-state index is -1.83. The molecule has 1 aromatic rings. The molecular formula is C37H47NO12. The van der Waals surface area contributed by atoms with Crippen LogP contribution in [-0.2, 0) is 23.8 Å². The van der Waals surface area contributed by atoms with Crippen LogP contribution in [0, 0.1) is 30.6 Å². The predicted octanol–water partition coefficient (Wildman–Crippen LogP) is 3.48. The van der Waals surface area contributed by atoms with Gasteiger partial charge in [-0.05, 0) is 19.9 Å². The molecule has 1 aromatic carbocycles. The van der Waals surface area contributed by atoms with Gasteiger partial charge in [0, 0.05) is 73.0 Å². The highest BCUT2D eigenvalue weighted by atomic mass is 16.7. The molecule has 0 spiro atoms. The summed E-state index contributed by atoms with van der Waals surface area (Å²) in [5.41, 5.74) is -0.851. The summed E-state index contributed by atoms with van der Waals surface area (Å²) in [6, 6.07) is 0. The minimum absolute atomic E-state index is 0.0392. The molecule has 0 fully saturated rings. The number of rotatable bonds is 2. The van der Waals surface area contributed by atoms with Crippen molar-refractivity contribution in [1.29, 1.82) is 0 Å². The van der Waals surface area contributed by atoms with Crippen LogP contribution in [0.25, 0.3) is 0 Å². The number of nitrogens with one attached hydrogen (secondary N) is 1. The third kappa shape index (κ3) is 7.13. The first-order chi connectivity index (χ1) is 23.4. The van der Waals surface area contributed by atoms with Crippen LogP contribution < -0.4 is 10.1 Å². The van der Waals surface area contributed by atoms with Crippen LogP contribution >= 0.6 is 0 Å². The maximum atomic E-state index is 13.6.